The molecule has 0 aliphatic rings. The maximum atomic E-state index is 12.8. The Bertz CT molecular complexity index is 662. The molecule has 0 spiro atoms. The topological polar surface area (TPSA) is 58.4 Å². The summed E-state index contributed by atoms with van der Waals surface area (Å²) in [4.78, 5) is 14.5. The van der Waals surface area contributed by atoms with Crippen LogP contribution in [0.15, 0.2) is 24.4 Å². The first-order valence-corrected chi connectivity index (χ1v) is 7.11. The van der Waals surface area contributed by atoms with Crippen molar-refractivity contribution in [2.24, 2.45) is 7.05 Å². The summed E-state index contributed by atoms with van der Waals surface area (Å²) in [5.41, 5.74) is 3.08. The molecule has 2 rings (SSSR count). The number of aromatic hydroxyl groups is 1. The average molecular weight is 287 g/mol. The number of hydrogen-bond donors (Lipinski definition) is 1. The molecule has 0 saturated heterocycles. The van der Waals surface area contributed by atoms with Crippen LogP contribution in [0.4, 0.5) is 5.69 Å². The highest BCUT2D eigenvalue weighted by Gasteiger charge is 2.22. The highest BCUT2D eigenvalue weighted by atomic mass is 16.3. The average Bonchev–Trinajstić information content (AvgIpc) is 2.84. The molecule has 0 unspecified atom stereocenters. The van der Waals surface area contributed by atoms with Gasteiger partial charge in [-0.15, -0.1) is 0 Å². The lowest BCUT2D eigenvalue weighted by atomic mass is 10.1. The van der Waals surface area contributed by atoms with E-state index in [1.54, 1.807) is 27.9 Å². The molecule has 21 heavy (non-hydrogen) atoms. The van der Waals surface area contributed by atoms with Crippen LogP contribution in [0.3, 0.4) is 0 Å². The van der Waals surface area contributed by atoms with Crippen molar-refractivity contribution in [3.8, 4) is 5.75 Å². The van der Waals surface area contributed by atoms with Gasteiger partial charge in [0.05, 0.1) is 16.9 Å². The second kappa shape index (κ2) is 5.99. The Labute approximate surface area is 124 Å². The largest absolute Gasteiger partial charge is 0.508 e. The van der Waals surface area contributed by atoms with Crippen LogP contribution in [0.25, 0.3) is 0 Å². The molecule has 5 nitrogen and oxygen atoms in total. The van der Waals surface area contributed by atoms with E-state index in [0.29, 0.717) is 18.5 Å². The summed E-state index contributed by atoms with van der Waals surface area (Å²) in [6.45, 7) is 6.36. The molecule has 112 valence electrons. The molecule has 0 saturated carbocycles. The van der Waals surface area contributed by atoms with E-state index in [1.165, 1.54) is 0 Å². The second-order valence-electron chi connectivity index (χ2n) is 5.04. The molecule has 1 amide bonds. The second-order valence-corrected chi connectivity index (χ2v) is 5.04. The molecule has 0 fully saturated rings. The van der Waals surface area contributed by atoms with Gasteiger partial charge in [-0.25, -0.2) is 0 Å². The smallest absolute Gasteiger partial charge is 0.261 e. The zero-order chi connectivity index (χ0) is 15.6. The van der Waals surface area contributed by atoms with Gasteiger partial charge >= 0.3 is 0 Å². The van der Waals surface area contributed by atoms with Crippen LogP contribution < -0.4 is 4.90 Å². The lowest BCUT2D eigenvalue weighted by molar-refractivity contribution is 0.0987. The van der Waals surface area contributed by atoms with Crippen LogP contribution in [0.1, 0.15) is 35.5 Å². The Morgan fingerprint density at radius 1 is 1.38 bits per heavy atom. The van der Waals surface area contributed by atoms with Crippen molar-refractivity contribution in [1.29, 1.82) is 0 Å². The minimum absolute atomic E-state index is 0.0869. The molecule has 0 bridgehead atoms. The van der Waals surface area contributed by atoms with Gasteiger partial charge < -0.3 is 10.0 Å². The molecule has 5 heteroatoms. The number of amides is 1. The predicted molar refractivity (Wildman–Crippen MR) is 82.8 cm³/mol. The fraction of sp³-hybridized carbons (Fsp3) is 0.375. The van der Waals surface area contributed by atoms with E-state index >= 15 is 0 Å². The maximum Gasteiger partial charge on any atom is 0.261 e. The fourth-order valence-electron chi connectivity index (χ4n) is 2.43. The number of benzene rings is 1. The van der Waals surface area contributed by atoms with Crippen LogP contribution in [0, 0.1) is 6.92 Å². The molecular weight excluding hydrogens is 266 g/mol. The summed E-state index contributed by atoms with van der Waals surface area (Å²) in [6, 6.07) is 5.06. The van der Waals surface area contributed by atoms with Gasteiger partial charge in [0, 0.05) is 25.9 Å². The van der Waals surface area contributed by atoms with Crippen molar-refractivity contribution in [2.75, 3.05) is 11.4 Å². The molecule has 1 N–H and O–H groups in total. The zero-order valence-electron chi connectivity index (χ0n) is 12.9. The lowest BCUT2D eigenvalue weighted by Gasteiger charge is -2.23. The quantitative estimate of drug-likeness (QED) is 0.940. The number of phenols is 1. The summed E-state index contributed by atoms with van der Waals surface area (Å²) in [5, 5.41) is 14.0. The number of rotatable bonds is 4. The van der Waals surface area contributed by atoms with Gasteiger partial charge in [-0.05, 0) is 31.9 Å². The first kappa shape index (κ1) is 15.1. The highest BCUT2D eigenvalue weighted by Crippen LogP contribution is 2.26. The number of aromatic nitrogens is 2. The van der Waals surface area contributed by atoms with Crippen LogP contribution in [-0.4, -0.2) is 27.3 Å². The minimum Gasteiger partial charge on any atom is -0.508 e. The summed E-state index contributed by atoms with van der Waals surface area (Å²) in [7, 11) is 1.81. The molecular formula is C16H21N3O2. The Morgan fingerprint density at radius 2 is 2.10 bits per heavy atom. The van der Waals surface area contributed by atoms with E-state index in [2.05, 4.69) is 5.10 Å². The number of hydrogen-bond acceptors (Lipinski definition) is 3. The molecule has 0 aliphatic heterocycles. The number of carbonyl (C=O) groups excluding carboxylic acids is 1. The van der Waals surface area contributed by atoms with Gasteiger partial charge in [-0.2, -0.15) is 5.10 Å². The predicted octanol–water partition coefficient (Wildman–Crippen LogP) is 2.66. The molecule has 1 aromatic carbocycles. The molecule has 2 aromatic rings. The lowest BCUT2D eigenvalue weighted by Crippen LogP contribution is -2.31. The monoisotopic (exact) mass is 287 g/mol. The molecule has 1 aromatic heterocycles. The van der Waals surface area contributed by atoms with Crippen molar-refractivity contribution in [3.05, 3.63) is 41.2 Å². The summed E-state index contributed by atoms with van der Waals surface area (Å²) in [6.07, 6.45) is 2.46. The van der Waals surface area contributed by atoms with Gasteiger partial charge in [0.1, 0.15) is 5.75 Å². The number of carbonyl (C=O) groups is 1. The standard InChI is InChI=1S/C16H21N3O2/c1-5-14-13(10-18(4)17-14)16(21)19(6-2)15-9-12(20)8-7-11(15)3/h7-10,20H,5-6H2,1-4H3. The molecule has 0 atom stereocenters. The van der Waals surface area contributed by atoms with Crippen molar-refractivity contribution in [3.63, 3.8) is 0 Å². The van der Waals surface area contributed by atoms with Gasteiger partial charge in [0.25, 0.3) is 5.91 Å². The fourth-order valence-corrected chi connectivity index (χ4v) is 2.43. The Balaban J connectivity index is 2.45. The highest BCUT2D eigenvalue weighted by molar-refractivity contribution is 6.07. The summed E-state index contributed by atoms with van der Waals surface area (Å²) >= 11 is 0. The van der Waals surface area contributed by atoms with E-state index in [4.69, 9.17) is 0 Å². The Hall–Kier alpha value is -2.30. The van der Waals surface area contributed by atoms with E-state index in [1.807, 2.05) is 33.9 Å². The minimum atomic E-state index is -0.0869. The van der Waals surface area contributed by atoms with Gasteiger partial charge in [-0.1, -0.05) is 13.0 Å². The zero-order valence-corrected chi connectivity index (χ0v) is 12.9. The van der Waals surface area contributed by atoms with E-state index in [-0.39, 0.29) is 11.7 Å². The molecule has 0 radical (unpaired) electrons. The van der Waals surface area contributed by atoms with Crippen molar-refractivity contribution in [2.45, 2.75) is 27.2 Å². The first-order valence-electron chi connectivity index (χ1n) is 7.11. The maximum absolute atomic E-state index is 12.8. The summed E-state index contributed by atoms with van der Waals surface area (Å²) < 4.78 is 1.66. The van der Waals surface area contributed by atoms with E-state index in [0.717, 1.165) is 16.9 Å². The van der Waals surface area contributed by atoms with Crippen molar-refractivity contribution >= 4 is 11.6 Å². The third-order valence-electron chi connectivity index (χ3n) is 3.52. The number of nitrogens with zero attached hydrogens (tertiary/aromatic N) is 3. The van der Waals surface area contributed by atoms with E-state index in [9.17, 15) is 9.90 Å². The SMILES string of the molecule is CCc1nn(C)cc1C(=O)N(CC)c1cc(O)ccc1C. The van der Waals surface area contributed by atoms with Gasteiger partial charge in [-0.3, -0.25) is 9.48 Å². The Kier molecular flexibility index (Phi) is 4.31. The summed E-state index contributed by atoms with van der Waals surface area (Å²) in [5.74, 6) is 0.0694. The molecule has 1 heterocycles. The third-order valence-corrected chi connectivity index (χ3v) is 3.52. The van der Waals surface area contributed by atoms with Crippen molar-refractivity contribution in [1.82, 2.24) is 9.78 Å². The number of anilines is 1. The first-order chi connectivity index (χ1) is 9.97. The normalized spacial score (nSPS) is 10.7. The number of phenolic OH excluding ortho intramolecular Hbond substituents is 1. The molecule has 0 aliphatic carbocycles. The van der Waals surface area contributed by atoms with Crippen LogP contribution in [0.2, 0.25) is 0 Å². The number of aryl methyl sites for hydroxylation is 3. The van der Waals surface area contributed by atoms with Gasteiger partial charge in [0.2, 0.25) is 0 Å². The van der Waals surface area contributed by atoms with Crippen molar-refractivity contribution < 1.29 is 9.90 Å². The van der Waals surface area contributed by atoms with E-state index < -0.39 is 0 Å². The van der Waals surface area contributed by atoms with Gasteiger partial charge in [0.15, 0.2) is 0 Å². The Morgan fingerprint density at radius 3 is 2.71 bits per heavy atom. The van der Waals surface area contributed by atoms with Crippen LogP contribution >= 0.6 is 0 Å². The third kappa shape index (κ3) is 2.91. The van der Waals surface area contributed by atoms with Crippen LogP contribution in [0.5, 0.6) is 5.75 Å². The van der Waals surface area contributed by atoms with Crippen LogP contribution in [-0.2, 0) is 13.5 Å².